The van der Waals surface area contributed by atoms with Crippen molar-refractivity contribution in [1.29, 1.82) is 0 Å². The number of likely N-dealkylation sites (tertiary alicyclic amines) is 1. The van der Waals surface area contributed by atoms with Gasteiger partial charge in [-0.1, -0.05) is 12.1 Å². The van der Waals surface area contributed by atoms with E-state index >= 15 is 0 Å². The van der Waals surface area contributed by atoms with E-state index in [0.29, 0.717) is 30.1 Å². The minimum Gasteiger partial charge on any atom is -0.508 e. The molecule has 1 fully saturated rings. The number of carbonyl (C=O) groups is 1. The molecule has 128 valence electrons. The number of piperidine rings is 1. The van der Waals surface area contributed by atoms with Gasteiger partial charge in [-0.25, -0.2) is 4.39 Å². The second-order valence-corrected chi connectivity index (χ2v) is 6.57. The molecule has 1 aliphatic heterocycles. The van der Waals surface area contributed by atoms with Crippen molar-refractivity contribution in [3.63, 3.8) is 0 Å². The lowest BCUT2D eigenvalue weighted by Gasteiger charge is -2.32. The fourth-order valence-electron chi connectivity index (χ4n) is 3.55. The number of H-pyrrole nitrogens is 1. The number of carbonyl (C=O) groups excluding carboxylic acids is 1. The summed E-state index contributed by atoms with van der Waals surface area (Å²) in [6.07, 6.45) is 1.79. The molecule has 0 radical (unpaired) electrons. The number of aromatic nitrogens is 1. The normalized spacial score (nSPS) is 15.6. The lowest BCUT2D eigenvalue weighted by atomic mass is 9.89. The summed E-state index contributed by atoms with van der Waals surface area (Å²) < 4.78 is 13.3. The zero-order chi connectivity index (χ0) is 17.4. The van der Waals surface area contributed by atoms with Crippen LogP contribution in [0.1, 0.15) is 34.8 Å². The Bertz CT molecular complexity index is 909. The molecule has 2 N–H and O–H groups in total. The Kier molecular flexibility index (Phi) is 3.92. The number of fused-ring (bicyclic) bond motifs is 1. The van der Waals surface area contributed by atoms with Gasteiger partial charge in [-0.2, -0.15) is 0 Å². The van der Waals surface area contributed by atoms with Gasteiger partial charge in [0.1, 0.15) is 17.3 Å². The van der Waals surface area contributed by atoms with E-state index in [0.717, 1.165) is 18.4 Å². The molecule has 1 aromatic heterocycles. The van der Waals surface area contributed by atoms with Crippen LogP contribution in [0.15, 0.2) is 48.5 Å². The summed E-state index contributed by atoms with van der Waals surface area (Å²) in [6.45, 7) is 1.38. The predicted octanol–water partition coefficient (Wildman–Crippen LogP) is 4.03. The number of amides is 1. The first-order valence-electron chi connectivity index (χ1n) is 8.46. The molecule has 0 aliphatic carbocycles. The van der Waals surface area contributed by atoms with Crippen molar-refractivity contribution in [2.45, 2.75) is 18.8 Å². The van der Waals surface area contributed by atoms with Crippen LogP contribution in [-0.4, -0.2) is 34.0 Å². The molecule has 0 bridgehead atoms. The maximum atomic E-state index is 13.3. The maximum Gasteiger partial charge on any atom is 0.270 e. The van der Waals surface area contributed by atoms with Gasteiger partial charge in [0.25, 0.3) is 5.91 Å². The van der Waals surface area contributed by atoms with E-state index in [1.807, 2.05) is 17.0 Å². The quantitative estimate of drug-likeness (QED) is 0.741. The van der Waals surface area contributed by atoms with E-state index in [4.69, 9.17) is 0 Å². The average Bonchev–Trinajstić information content (AvgIpc) is 3.05. The zero-order valence-corrected chi connectivity index (χ0v) is 13.7. The third-order valence-corrected chi connectivity index (χ3v) is 4.96. The molecule has 0 spiro atoms. The number of rotatable bonds is 2. The Labute approximate surface area is 144 Å². The van der Waals surface area contributed by atoms with Crippen molar-refractivity contribution in [2.24, 2.45) is 0 Å². The van der Waals surface area contributed by atoms with Crippen LogP contribution in [0, 0.1) is 5.82 Å². The van der Waals surface area contributed by atoms with Crippen molar-refractivity contribution in [3.05, 3.63) is 65.6 Å². The van der Waals surface area contributed by atoms with Gasteiger partial charge in [-0.3, -0.25) is 4.79 Å². The van der Waals surface area contributed by atoms with E-state index in [1.165, 1.54) is 17.7 Å². The first-order chi connectivity index (χ1) is 12.1. The fourth-order valence-corrected chi connectivity index (χ4v) is 3.55. The van der Waals surface area contributed by atoms with Crippen LogP contribution in [0.25, 0.3) is 10.9 Å². The van der Waals surface area contributed by atoms with Crippen LogP contribution in [0.4, 0.5) is 4.39 Å². The van der Waals surface area contributed by atoms with E-state index in [1.54, 1.807) is 24.3 Å². The summed E-state index contributed by atoms with van der Waals surface area (Å²) in [5.41, 5.74) is 2.47. The van der Waals surface area contributed by atoms with E-state index in [2.05, 4.69) is 4.98 Å². The SMILES string of the molecule is O=C(c1cc2cc(F)ccc2[nH]1)N1CCC(c2ccc(O)cc2)CC1. The molecule has 3 aromatic rings. The molecule has 0 saturated carbocycles. The molecule has 1 saturated heterocycles. The molecule has 2 aromatic carbocycles. The number of hydrogen-bond donors (Lipinski definition) is 2. The summed E-state index contributed by atoms with van der Waals surface area (Å²) in [5.74, 6) is 0.328. The highest BCUT2D eigenvalue weighted by molar-refractivity contribution is 5.98. The van der Waals surface area contributed by atoms with E-state index < -0.39 is 0 Å². The van der Waals surface area contributed by atoms with Crippen molar-refractivity contribution >= 4 is 16.8 Å². The third-order valence-electron chi connectivity index (χ3n) is 4.96. The molecular weight excluding hydrogens is 319 g/mol. The van der Waals surface area contributed by atoms with E-state index in [9.17, 15) is 14.3 Å². The van der Waals surface area contributed by atoms with Crippen LogP contribution >= 0.6 is 0 Å². The Morgan fingerprint density at radius 1 is 1.08 bits per heavy atom. The monoisotopic (exact) mass is 338 g/mol. The number of aromatic hydroxyl groups is 1. The Morgan fingerprint density at radius 2 is 1.80 bits per heavy atom. The van der Waals surface area contributed by atoms with Crippen molar-refractivity contribution in [2.75, 3.05) is 13.1 Å². The van der Waals surface area contributed by atoms with Gasteiger partial charge < -0.3 is 15.0 Å². The highest BCUT2D eigenvalue weighted by Crippen LogP contribution is 2.30. The number of nitrogens with zero attached hydrogens (tertiary/aromatic N) is 1. The predicted molar refractivity (Wildman–Crippen MR) is 94.2 cm³/mol. The lowest BCUT2D eigenvalue weighted by molar-refractivity contribution is 0.0708. The number of nitrogens with one attached hydrogen (secondary N) is 1. The molecule has 4 rings (SSSR count). The Morgan fingerprint density at radius 3 is 2.52 bits per heavy atom. The topological polar surface area (TPSA) is 56.3 Å². The molecule has 0 atom stereocenters. The zero-order valence-electron chi connectivity index (χ0n) is 13.7. The molecule has 1 amide bonds. The van der Waals surface area contributed by atoms with Crippen molar-refractivity contribution in [1.82, 2.24) is 9.88 Å². The van der Waals surface area contributed by atoms with Crippen LogP contribution < -0.4 is 0 Å². The summed E-state index contributed by atoms with van der Waals surface area (Å²) in [4.78, 5) is 17.6. The number of hydrogen-bond acceptors (Lipinski definition) is 2. The third kappa shape index (κ3) is 3.09. The fraction of sp³-hybridized carbons (Fsp3) is 0.250. The molecular formula is C20H19FN2O2. The van der Waals surface area contributed by atoms with Gasteiger partial charge in [0.15, 0.2) is 0 Å². The number of aromatic amines is 1. The maximum absolute atomic E-state index is 13.3. The van der Waals surface area contributed by atoms with Crippen LogP contribution in [0.3, 0.4) is 0 Å². The van der Waals surface area contributed by atoms with Crippen LogP contribution in [-0.2, 0) is 0 Å². The summed E-state index contributed by atoms with van der Waals surface area (Å²) >= 11 is 0. The summed E-state index contributed by atoms with van der Waals surface area (Å²) in [5, 5.41) is 10.1. The van der Waals surface area contributed by atoms with Crippen molar-refractivity contribution < 1.29 is 14.3 Å². The number of benzene rings is 2. The number of phenols is 1. The number of phenolic OH excluding ortho intramolecular Hbond substituents is 1. The van der Waals surface area contributed by atoms with Crippen LogP contribution in [0.2, 0.25) is 0 Å². The van der Waals surface area contributed by atoms with Gasteiger partial charge >= 0.3 is 0 Å². The average molecular weight is 338 g/mol. The second kappa shape index (κ2) is 6.24. The Hall–Kier alpha value is -2.82. The first-order valence-corrected chi connectivity index (χ1v) is 8.46. The second-order valence-electron chi connectivity index (χ2n) is 6.57. The number of halogens is 1. The highest BCUT2D eigenvalue weighted by atomic mass is 19.1. The Balaban J connectivity index is 1.46. The highest BCUT2D eigenvalue weighted by Gasteiger charge is 2.25. The van der Waals surface area contributed by atoms with Crippen molar-refractivity contribution in [3.8, 4) is 5.75 Å². The summed E-state index contributed by atoms with van der Waals surface area (Å²) in [6, 6.07) is 13.5. The molecule has 0 unspecified atom stereocenters. The summed E-state index contributed by atoms with van der Waals surface area (Å²) in [7, 11) is 0. The first kappa shape index (κ1) is 15.7. The largest absolute Gasteiger partial charge is 0.508 e. The molecule has 2 heterocycles. The van der Waals surface area contributed by atoms with E-state index in [-0.39, 0.29) is 17.5 Å². The molecule has 4 nitrogen and oxygen atoms in total. The van der Waals surface area contributed by atoms with Gasteiger partial charge in [-0.15, -0.1) is 0 Å². The van der Waals surface area contributed by atoms with Gasteiger partial charge in [0.2, 0.25) is 0 Å². The molecule has 5 heteroatoms. The molecule has 25 heavy (non-hydrogen) atoms. The van der Waals surface area contributed by atoms with Gasteiger partial charge in [0.05, 0.1) is 0 Å². The molecule has 1 aliphatic rings. The minimum absolute atomic E-state index is 0.0410. The van der Waals surface area contributed by atoms with Gasteiger partial charge in [-0.05, 0) is 60.7 Å². The van der Waals surface area contributed by atoms with Gasteiger partial charge in [0, 0.05) is 24.0 Å². The van der Waals surface area contributed by atoms with Crippen LogP contribution in [0.5, 0.6) is 5.75 Å². The minimum atomic E-state index is -0.305. The lowest BCUT2D eigenvalue weighted by Crippen LogP contribution is -2.38. The smallest absolute Gasteiger partial charge is 0.270 e. The standard InChI is InChI=1S/C20H19FN2O2/c21-16-3-6-18-15(11-16)12-19(22-18)20(25)23-9-7-14(8-10-23)13-1-4-17(24)5-2-13/h1-6,11-12,14,22,24H,7-10H2.